The first-order valence-corrected chi connectivity index (χ1v) is 11.7. The first-order valence-electron chi connectivity index (χ1n) is 11.7. The second-order valence-corrected chi connectivity index (χ2v) is 9.35. The van der Waals surface area contributed by atoms with Gasteiger partial charge in [0.15, 0.2) is 0 Å². The van der Waals surface area contributed by atoms with E-state index in [1.54, 1.807) is 39.0 Å². The molecule has 2 aliphatic rings. The third kappa shape index (κ3) is 6.78. The standard InChI is InChI=1S/C24H32N4O7/c1-24(2,3)35-23(33)26-12-6-14-34-13-5-11-25-16-8-4-7-15-19(16)22(32)28(21(15)31)17-9-10-18(29)27-20(17)30/h4,7-8,17,25H,5-6,9-14H2,1-3H3,(H,26,33)(H,27,29,30). The highest BCUT2D eigenvalue weighted by atomic mass is 16.6. The van der Waals surface area contributed by atoms with Gasteiger partial charge in [0.2, 0.25) is 11.8 Å². The van der Waals surface area contributed by atoms with Crippen molar-refractivity contribution in [3.63, 3.8) is 0 Å². The number of rotatable bonds is 10. The van der Waals surface area contributed by atoms with Gasteiger partial charge >= 0.3 is 6.09 Å². The zero-order valence-corrected chi connectivity index (χ0v) is 20.3. The van der Waals surface area contributed by atoms with Gasteiger partial charge in [0.25, 0.3) is 11.8 Å². The van der Waals surface area contributed by atoms with E-state index in [2.05, 4.69) is 16.0 Å². The Morgan fingerprint density at radius 2 is 1.80 bits per heavy atom. The number of amides is 5. The average Bonchev–Trinajstić information content (AvgIpc) is 3.02. The molecule has 35 heavy (non-hydrogen) atoms. The maximum atomic E-state index is 13.1. The summed E-state index contributed by atoms with van der Waals surface area (Å²) < 4.78 is 10.7. The molecule has 11 nitrogen and oxygen atoms in total. The van der Waals surface area contributed by atoms with Gasteiger partial charge in [-0.25, -0.2) is 4.79 Å². The minimum absolute atomic E-state index is 0.0754. The van der Waals surface area contributed by atoms with Gasteiger partial charge in [-0.15, -0.1) is 0 Å². The van der Waals surface area contributed by atoms with Crippen LogP contribution < -0.4 is 16.0 Å². The van der Waals surface area contributed by atoms with E-state index >= 15 is 0 Å². The Morgan fingerprint density at radius 1 is 1.09 bits per heavy atom. The minimum Gasteiger partial charge on any atom is -0.444 e. The van der Waals surface area contributed by atoms with Crippen LogP contribution in [0.3, 0.4) is 0 Å². The molecule has 0 bridgehead atoms. The number of imide groups is 2. The van der Waals surface area contributed by atoms with Crippen LogP contribution in [0.2, 0.25) is 0 Å². The fourth-order valence-corrected chi connectivity index (χ4v) is 3.84. The van der Waals surface area contributed by atoms with Gasteiger partial charge in [0.1, 0.15) is 11.6 Å². The van der Waals surface area contributed by atoms with Gasteiger partial charge in [-0.2, -0.15) is 0 Å². The molecule has 0 aromatic heterocycles. The van der Waals surface area contributed by atoms with Gasteiger partial charge in [-0.05, 0) is 52.2 Å². The number of fused-ring (bicyclic) bond motifs is 1. The predicted molar refractivity (Wildman–Crippen MR) is 126 cm³/mol. The van der Waals surface area contributed by atoms with Gasteiger partial charge in [0, 0.05) is 38.4 Å². The minimum atomic E-state index is -0.994. The molecule has 0 aliphatic carbocycles. The maximum absolute atomic E-state index is 13.1. The van der Waals surface area contributed by atoms with Crippen molar-refractivity contribution >= 4 is 35.4 Å². The van der Waals surface area contributed by atoms with E-state index in [0.717, 1.165) is 4.90 Å². The van der Waals surface area contributed by atoms with Crippen molar-refractivity contribution in [2.45, 2.75) is 58.1 Å². The third-order valence-electron chi connectivity index (χ3n) is 5.38. The number of alkyl carbamates (subject to hydrolysis) is 1. The number of hydrogen-bond donors (Lipinski definition) is 3. The molecule has 0 radical (unpaired) electrons. The van der Waals surface area contributed by atoms with E-state index in [1.807, 2.05) is 0 Å². The van der Waals surface area contributed by atoms with E-state index in [-0.39, 0.29) is 24.0 Å². The summed E-state index contributed by atoms with van der Waals surface area (Å²) in [7, 11) is 0. The van der Waals surface area contributed by atoms with Crippen molar-refractivity contribution in [3.8, 4) is 0 Å². The lowest BCUT2D eigenvalue weighted by Crippen LogP contribution is -2.54. The number of nitrogens with zero attached hydrogens (tertiary/aromatic N) is 1. The number of piperidine rings is 1. The van der Waals surface area contributed by atoms with E-state index in [4.69, 9.17) is 9.47 Å². The van der Waals surface area contributed by atoms with Gasteiger partial charge < -0.3 is 20.1 Å². The summed E-state index contributed by atoms with van der Waals surface area (Å²) >= 11 is 0. The monoisotopic (exact) mass is 488 g/mol. The lowest BCUT2D eigenvalue weighted by atomic mass is 10.0. The first-order chi connectivity index (χ1) is 16.6. The highest BCUT2D eigenvalue weighted by Gasteiger charge is 2.45. The van der Waals surface area contributed by atoms with Crippen molar-refractivity contribution in [1.29, 1.82) is 0 Å². The van der Waals surface area contributed by atoms with E-state index in [0.29, 0.717) is 44.8 Å². The van der Waals surface area contributed by atoms with Crippen molar-refractivity contribution < 1.29 is 33.4 Å². The Morgan fingerprint density at radius 3 is 2.49 bits per heavy atom. The number of carbonyl (C=O) groups excluding carboxylic acids is 5. The van der Waals surface area contributed by atoms with Crippen LogP contribution in [-0.2, 0) is 19.1 Å². The summed E-state index contributed by atoms with van der Waals surface area (Å²) in [6.07, 6.45) is 1.03. The molecule has 2 heterocycles. The van der Waals surface area contributed by atoms with Crippen LogP contribution in [0.15, 0.2) is 18.2 Å². The zero-order chi connectivity index (χ0) is 25.6. The van der Waals surface area contributed by atoms with Gasteiger partial charge in [-0.1, -0.05) is 6.07 Å². The smallest absolute Gasteiger partial charge is 0.407 e. The molecule has 190 valence electrons. The fraction of sp³-hybridized carbons (Fsp3) is 0.542. The molecule has 11 heteroatoms. The molecule has 1 aromatic rings. The first kappa shape index (κ1) is 26.1. The number of hydrogen-bond acceptors (Lipinski definition) is 8. The molecule has 1 aromatic carbocycles. The average molecular weight is 489 g/mol. The van der Waals surface area contributed by atoms with Crippen LogP contribution >= 0.6 is 0 Å². The summed E-state index contributed by atoms with van der Waals surface area (Å²) in [6, 6.07) is 3.95. The molecule has 2 aliphatic heterocycles. The highest BCUT2D eigenvalue weighted by Crippen LogP contribution is 2.32. The van der Waals surface area contributed by atoms with E-state index in [9.17, 15) is 24.0 Å². The molecule has 5 amide bonds. The number of benzene rings is 1. The Labute approximate surface area is 203 Å². The number of carbonyl (C=O) groups is 5. The third-order valence-corrected chi connectivity index (χ3v) is 5.38. The van der Waals surface area contributed by atoms with E-state index < -0.39 is 41.4 Å². The predicted octanol–water partition coefficient (Wildman–Crippen LogP) is 1.82. The molecule has 0 spiro atoms. The second kappa shape index (κ2) is 11.3. The second-order valence-electron chi connectivity index (χ2n) is 9.35. The van der Waals surface area contributed by atoms with Gasteiger partial charge in [-0.3, -0.25) is 29.4 Å². The molecular formula is C24H32N4O7. The highest BCUT2D eigenvalue weighted by molar-refractivity contribution is 6.25. The Balaban J connectivity index is 1.42. The van der Waals surface area contributed by atoms with Crippen LogP contribution in [0.25, 0.3) is 0 Å². The Kier molecular flexibility index (Phi) is 8.44. The summed E-state index contributed by atoms with van der Waals surface area (Å²) in [5, 5.41) is 8.03. The van der Waals surface area contributed by atoms with Crippen LogP contribution in [-0.4, -0.2) is 72.6 Å². The quantitative estimate of drug-likeness (QED) is 0.334. The number of anilines is 1. The van der Waals surface area contributed by atoms with Crippen molar-refractivity contribution in [2.75, 3.05) is 31.6 Å². The molecule has 0 saturated carbocycles. The summed E-state index contributed by atoms with van der Waals surface area (Å²) in [6.45, 7) is 7.31. The molecule has 1 fully saturated rings. The summed E-state index contributed by atoms with van der Waals surface area (Å²) in [5.74, 6) is -2.13. The maximum Gasteiger partial charge on any atom is 0.407 e. The largest absolute Gasteiger partial charge is 0.444 e. The number of ether oxygens (including phenoxy) is 2. The molecule has 3 rings (SSSR count). The van der Waals surface area contributed by atoms with Crippen molar-refractivity contribution in [3.05, 3.63) is 29.3 Å². The van der Waals surface area contributed by atoms with E-state index in [1.165, 1.54) is 0 Å². The molecule has 1 saturated heterocycles. The molecule has 1 atom stereocenters. The Bertz CT molecular complexity index is 1000. The van der Waals surface area contributed by atoms with Crippen LogP contribution in [0.4, 0.5) is 10.5 Å². The summed E-state index contributed by atoms with van der Waals surface area (Å²) in [5.41, 5.74) is 0.445. The summed E-state index contributed by atoms with van der Waals surface area (Å²) in [4.78, 5) is 62.1. The topological polar surface area (TPSA) is 143 Å². The molecule has 1 unspecified atom stereocenters. The lowest BCUT2D eigenvalue weighted by Gasteiger charge is -2.27. The zero-order valence-electron chi connectivity index (χ0n) is 20.3. The van der Waals surface area contributed by atoms with Crippen LogP contribution in [0.5, 0.6) is 0 Å². The van der Waals surface area contributed by atoms with Gasteiger partial charge in [0.05, 0.1) is 11.1 Å². The molecular weight excluding hydrogens is 456 g/mol. The lowest BCUT2D eigenvalue weighted by molar-refractivity contribution is -0.136. The Hall–Kier alpha value is -3.47. The van der Waals surface area contributed by atoms with Crippen molar-refractivity contribution in [2.24, 2.45) is 0 Å². The van der Waals surface area contributed by atoms with Crippen molar-refractivity contribution in [1.82, 2.24) is 15.5 Å². The van der Waals surface area contributed by atoms with Crippen LogP contribution in [0, 0.1) is 0 Å². The SMILES string of the molecule is CC(C)(C)OC(=O)NCCCOCCCNc1cccc2c1C(=O)N(C1CCC(=O)NC1=O)C2=O. The van der Waals surface area contributed by atoms with Crippen LogP contribution in [0.1, 0.15) is 67.2 Å². The normalized spacial score (nSPS) is 17.8. The number of nitrogens with one attached hydrogen (secondary N) is 3. The fourth-order valence-electron chi connectivity index (χ4n) is 3.84. The molecule has 3 N–H and O–H groups in total.